The Morgan fingerprint density at radius 3 is 2.50 bits per heavy atom. The zero-order valence-corrected chi connectivity index (χ0v) is 9.04. The summed E-state index contributed by atoms with van der Waals surface area (Å²) >= 11 is 5.94. The third-order valence-corrected chi connectivity index (χ3v) is 2.63. The zero-order valence-electron chi connectivity index (χ0n) is 8.28. The van der Waals surface area contributed by atoms with Gasteiger partial charge in [-0.15, -0.1) is 0 Å². The lowest BCUT2D eigenvalue weighted by atomic mass is 10.00. The normalized spacial score (nSPS) is 10.1. The van der Waals surface area contributed by atoms with Crippen LogP contribution < -0.4 is 0 Å². The lowest BCUT2D eigenvalue weighted by Crippen LogP contribution is -1.91. The van der Waals surface area contributed by atoms with Gasteiger partial charge in [0, 0.05) is 11.1 Å². The summed E-state index contributed by atoms with van der Waals surface area (Å²) in [7, 11) is 0. The maximum absolute atomic E-state index is 13.7. The Balaban J connectivity index is 2.72. The van der Waals surface area contributed by atoms with Crippen molar-refractivity contribution in [2.75, 3.05) is 0 Å². The molecule has 0 aromatic heterocycles. The summed E-state index contributed by atoms with van der Waals surface area (Å²) in [4.78, 5) is 10.9. The standard InChI is InChI=1S/C13H8ClFO/c14-11-6-3-7-12(15)13(11)10-5-2-1-4-9(10)8-16/h1-8H. The summed E-state index contributed by atoms with van der Waals surface area (Å²) in [6.45, 7) is 0. The molecule has 0 spiro atoms. The highest BCUT2D eigenvalue weighted by Crippen LogP contribution is 2.32. The van der Waals surface area contributed by atoms with Crippen LogP contribution in [-0.2, 0) is 0 Å². The van der Waals surface area contributed by atoms with Crippen molar-refractivity contribution in [3.63, 3.8) is 0 Å². The molecule has 0 aliphatic heterocycles. The van der Waals surface area contributed by atoms with Gasteiger partial charge in [-0.25, -0.2) is 4.39 Å². The molecule has 1 nitrogen and oxygen atoms in total. The monoisotopic (exact) mass is 234 g/mol. The van der Waals surface area contributed by atoms with E-state index in [-0.39, 0.29) is 5.56 Å². The third kappa shape index (κ3) is 1.84. The van der Waals surface area contributed by atoms with Gasteiger partial charge in [0.05, 0.1) is 5.02 Å². The predicted molar refractivity (Wildman–Crippen MR) is 62.2 cm³/mol. The van der Waals surface area contributed by atoms with Crippen LogP contribution in [0.5, 0.6) is 0 Å². The number of carbonyl (C=O) groups excluding carboxylic acids is 1. The minimum Gasteiger partial charge on any atom is -0.298 e. The van der Waals surface area contributed by atoms with E-state index in [1.807, 2.05) is 0 Å². The first-order valence-corrected chi connectivity index (χ1v) is 5.10. The summed E-state index contributed by atoms with van der Waals surface area (Å²) in [5.41, 5.74) is 1.21. The second-order valence-corrected chi connectivity index (χ2v) is 3.71. The molecule has 80 valence electrons. The molecule has 0 amide bonds. The van der Waals surface area contributed by atoms with Crippen LogP contribution in [-0.4, -0.2) is 6.29 Å². The van der Waals surface area contributed by atoms with Gasteiger partial charge in [-0.2, -0.15) is 0 Å². The Bertz CT molecular complexity index is 517. The molecule has 16 heavy (non-hydrogen) atoms. The summed E-state index contributed by atoms with van der Waals surface area (Å²) in [5.74, 6) is -0.429. The number of hydrogen-bond donors (Lipinski definition) is 0. The molecule has 0 bridgehead atoms. The van der Waals surface area contributed by atoms with Crippen molar-refractivity contribution in [3.8, 4) is 11.1 Å². The minimum atomic E-state index is -0.429. The first kappa shape index (κ1) is 10.8. The average Bonchev–Trinajstić information content (AvgIpc) is 2.29. The fourth-order valence-corrected chi connectivity index (χ4v) is 1.85. The van der Waals surface area contributed by atoms with Crippen LogP contribution in [0.2, 0.25) is 5.02 Å². The number of benzene rings is 2. The van der Waals surface area contributed by atoms with Crippen molar-refractivity contribution in [3.05, 3.63) is 58.9 Å². The fourth-order valence-electron chi connectivity index (χ4n) is 1.58. The molecule has 0 N–H and O–H groups in total. The Morgan fingerprint density at radius 2 is 1.81 bits per heavy atom. The smallest absolute Gasteiger partial charge is 0.150 e. The average molecular weight is 235 g/mol. The Kier molecular flexibility index (Phi) is 3.02. The first-order valence-electron chi connectivity index (χ1n) is 4.72. The number of carbonyl (C=O) groups is 1. The van der Waals surface area contributed by atoms with Gasteiger partial charge in [0.2, 0.25) is 0 Å². The highest BCUT2D eigenvalue weighted by Gasteiger charge is 2.12. The number of hydrogen-bond acceptors (Lipinski definition) is 1. The topological polar surface area (TPSA) is 17.1 Å². The number of halogens is 2. The summed E-state index contributed by atoms with van der Waals surface area (Å²) in [5, 5.41) is 0.300. The summed E-state index contributed by atoms with van der Waals surface area (Å²) in [6.07, 6.45) is 0.693. The van der Waals surface area contributed by atoms with Crippen LogP contribution >= 0.6 is 11.6 Å². The molecule has 0 saturated carbocycles. The number of aldehydes is 1. The van der Waals surface area contributed by atoms with Crippen LogP contribution in [0.25, 0.3) is 11.1 Å². The van der Waals surface area contributed by atoms with E-state index in [0.717, 1.165) is 0 Å². The van der Waals surface area contributed by atoms with Gasteiger partial charge in [0.1, 0.15) is 5.82 Å². The van der Waals surface area contributed by atoms with Crippen molar-refractivity contribution in [1.82, 2.24) is 0 Å². The molecule has 2 rings (SSSR count). The molecule has 0 aliphatic rings. The molecule has 0 unspecified atom stereocenters. The zero-order chi connectivity index (χ0) is 11.5. The minimum absolute atomic E-state index is 0.270. The Hall–Kier alpha value is -1.67. The van der Waals surface area contributed by atoms with Gasteiger partial charge < -0.3 is 0 Å². The Morgan fingerprint density at radius 1 is 1.06 bits per heavy atom. The lowest BCUT2D eigenvalue weighted by Gasteiger charge is -2.07. The fraction of sp³-hybridized carbons (Fsp3) is 0. The van der Waals surface area contributed by atoms with Gasteiger partial charge in [0.15, 0.2) is 6.29 Å². The van der Waals surface area contributed by atoms with Crippen LogP contribution in [0.15, 0.2) is 42.5 Å². The molecule has 0 saturated heterocycles. The Labute approximate surface area is 97.5 Å². The van der Waals surface area contributed by atoms with E-state index in [0.29, 0.717) is 22.4 Å². The predicted octanol–water partition coefficient (Wildman–Crippen LogP) is 3.96. The van der Waals surface area contributed by atoms with Gasteiger partial charge >= 0.3 is 0 Å². The van der Waals surface area contributed by atoms with Crippen molar-refractivity contribution in [1.29, 1.82) is 0 Å². The van der Waals surface area contributed by atoms with Crippen LogP contribution in [0.4, 0.5) is 4.39 Å². The second kappa shape index (κ2) is 4.45. The van der Waals surface area contributed by atoms with E-state index < -0.39 is 5.82 Å². The van der Waals surface area contributed by atoms with E-state index in [1.54, 1.807) is 30.3 Å². The highest BCUT2D eigenvalue weighted by molar-refractivity contribution is 6.33. The SMILES string of the molecule is O=Cc1ccccc1-c1c(F)cccc1Cl. The molecule has 0 fully saturated rings. The van der Waals surface area contributed by atoms with Crippen molar-refractivity contribution in [2.45, 2.75) is 0 Å². The van der Waals surface area contributed by atoms with E-state index in [2.05, 4.69) is 0 Å². The van der Waals surface area contributed by atoms with Crippen LogP contribution in [0, 0.1) is 5.82 Å². The van der Waals surface area contributed by atoms with E-state index >= 15 is 0 Å². The highest BCUT2D eigenvalue weighted by atomic mass is 35.5. The maximum Gasteiger partial charge on any atom is 0.150 e. The van der Waals surface area contributed by atoms with Crippen LogP contribution in [0.1, 0.15) is 10.4 Å². The molecular weight excluding hydrogens is 227 g/mol. The van der Waals surface area contributed by atoms with E-state index in [4.69, 9.17) is 11.6 Å². The molecular formula is C13H8ClFO. The van der Waals surface area contributed by atoms with Crippen molar-refractivity contribution < 1.29 is 9.18 Å². The van der Waals surface area contributed by atoms with E-state index in [9.17, 15) is 9.18 Å². The summed E-state index contributed by atoms with van der Waals surface area (Å²) < 4.78 is 13.7. The van der Waals surface area contributed by atoms with Crippen LogP contribution in [0.3, 0.4) is 0 Å². The molecule has 3 heteroatoms. The first-order chi connectivity index (χ1) is 7.74. The largest absolute Gasteiger partial charge is 0.298 e. The van der Waals surface area contributed by atoms with E-state index in [1.165, 1.54) is 12.1 Å². The second-order valence-electron chi connectivity index (χ2n) is 3.30. The van der Waals surface area contributed by atoms with Gasteiger partial charge in [0.25, 0.3) is 0 Å². The van der Waals surface area contributed by atoms with Gasteiger partial charge in [-0.3, -0.25) is 4.79 Å². The van der Waals surface area contributed by atoms with Gasteiger partial charge in [-0.1, -0.05) is 41.9 Å². The lowest BCUT2D eigenvalue weighted by molar-refractivity contribution is 0.112. The molecule has 2 aromatic carbocycles. The molecule has 0 atom stereocenters. The van der Waals surface area contributed by atoms with Gasteiger partial charge in [-0.05, 0) is 17.7 Å². The molecule has 0 radical (unpaired) electrons. The number of rotatable bonds is 2. The molecule has 0 aliphatic carbocycles. The maximum atomic E-state index is 13.7. The third-order valence-electron chi connectivity index (χ3n) is 2.32. The summed E-state index contributed by atoms with van der Waals surface area (Å²) in [6, 6.07) is 11.2. The molecule has 0 heterocycles. The molecule has 2 aromatic rings. The quantitative estimate of drug-likeness (QED) is 0.719. The van der Waals surface area contributed by atoms with Crippen molar-refractivity contribution >= 4 is 17.9 Å². The van der Waals surface area contributed by atoms with Crippen molar-refractivity contribution in [2.24, 2.45) is 0 Å².